The van der Waals surface area contributed by atoms with Crippen LogP contribution in [0.5, 0.6) is 0 Å². The molecule has 2 rings (SSSR count). The smallest absolute Gasteiger partial charge is 0.410 e. The van der Waals surface area contributed by atoms with E-state index in [1.807, 2.05) is 24.3 Å². The molecule has 0 N–H and O–H groups in total. The Morgan fingerprint density at radius 3 is 2.50 bits per heavy atom. The second-order valence-electron chi connectivity index (χ2n) is 3.88. The first-order valence-electron chi connectivity index (χ1n) is 5.42. The van der Waals surface area contributed by atoms with E-state index in [0.717, 1.165) is 36.0 Å². The second-order valence-corrected chi connectivity index (χ2v) is 4.79. The lowest BCUT2D eigenvalue weighted by Crippen LogP contribution is -2.28. The summed E-state index contributed by atoms with van der Waals surface area (Å²) in [6, 6.07) is 7.78. The van der Waals surface area contributed by atoms with Crippen LogP contribution in [0.15, 0.2) is 28.7 Å². The van der Waals surface area contributed by atoms with Crippen molar-refractivity contribution in [2.75, 3.05) is 13.1 Å². The SMILES string of the molecule is O=C(OCc1ccc(Br)cc1)N1CCCC1. The van der Waals surface area contributed by atoms with E-state index >= 15 is 0 Å². The highest BCUT2D eigenvalue weighted by molar-refractivity contribution is 9.10. The van der Waals surface area contributed by atoms with Gasteiger partial charge in [-0.25, -0.2) is 4.79 Å². The van der Waals surface area contributed by atoms with Gasteiger partial charge in [0.2, 0.25) is 0 Å². The lowest BCUT2D eigenvalue weighted by atomic mass is 10.2. The maximum Gasteiger partial charge on any atom is 0.410 e. The van der Waals surface area contributed by atoms with Gasteiger partial charge in [-0.3, -0.25) is 0 Å². The van der Waals surface area contributed by atoms with E-state index in [2.05, 4.69) is 15.9 Å². The first-order valence-corrected chi connectivity index (χ1v) is 6.21. The Hall–Kier alpha value is -1.03. The number of carbonyl (C=O) groups is 1. The van der Waals surface area contributed by atoms with Crippen molar-refractivity contribution < 1.29 is 9.53 Å². The molecule has 16 heavy (non-hydrogen) atoms. The third-order valence-corrected chi connectivity index (χ3v) is 3.17. The minimum Gasteiger partial charge on any atom is -0.445 e. The summed E-state index contributed by atoms with van der Waals surface area (Å²) in [4.78, 5) is 13.3. The Kier molecular flexibility index (Phi) is 3.83. The average molecular weight is 284 g/mol. The van der Waals surface area contributed by atoms with Gasteiger partial charge >= 0.3 is 6.09 Å². The summed E-state index contributed by atoms with van der Waals surface area (Å²) in [6.07, 6.45) is 1.99. The Labute approximate surface area is 104 Å². The number of hydrogen-bond acceptors (Lipinski definition) is 2. The molecule has 0 radical (unpaired) electrons. The molecule has 1 aromatic carbocycles. The van der Waals surface area contributed by atoms with Crippen molar-refractivity contribution in [2.45, 2.75) is 19.4 Å². The van der Waals surface area contributed by atoms with Crippen molar-refractivity contribution >= 4 is 22.0 Å². The van der Waals surface area contributed by atoms with Crippen molar-refractivity contribution in [2.24, 2.45) is 0 Å². The van der Waals surface area contributed by atoms with E-state index < -0.39 is 0 Å². The van der Waals surface area contributed by atoms with Gasteiger partial charge in [0.15, 0.2) is 0 Å². The number of ether oxygens (including phenoxy) is 1. The van der Waals surface area contributed by atoms with Crippen molar-refractivity contribution in [3.63, 3.8) is 0 Å². The zero-order chi connectivity index (χ0) is 11.4. The van der Waals surface area contributed by atoms with Gasteiger partial charge in [-0.1, -0.05) is 28.1 Å². The number of hydrogen-bond donors (Lipinski definition) is 0. The summed E-state index contributed by atoms with van der Waals surface area (Å²) < 4.78 is 6.25. The number of likely N-dealkylation sites (tertiary alicyclic amines) is 1. The van der Waals surface area contributed by atoms with E-state index in [1.165, 1.54) is 0 Å². The topological polar surface area (TPSA) is 29.5 Å². The Balaban J connectivity index is 1.82. The van der Waals surface area contributed by atoms with Crippen LogP contribution in [0.2, 0.25) is 0 Å². The zero-order valence-electron chi connectivity index (χ0n) is 8.99. The number of carbonyl (C=O) groups excluding carboxylic acids is 1. The summed E-state index contributed by atoms with van der Waals surface area (Å²) in [7, 11) is 0. The van der Waals surface area contributed by atoms with Gasteiger partial charge in [-0.2, -0.15) is 0 Å². The highest BCUT2D eigenvalue weighted by atomic mass is 79.9. The van der Waals surface area contributed by atoms with Crippen LogP contribution in [0.4, 0.5) is 4.79 Å². The zero-order valence-corrected chi connectivity index (χ0v) is 10.6. The predicted octanol–water partition coefficient (Wildman–Crippen LogP) is 3.18. The fourth-order valence-electron chi connectivity index (χ4n) is 1.72. The third kappa shape index (κ3) is 2.98. The van der Waals surface area contributed by atoms with Crippen LogP contribution in [-0.2, 0) is 11.3 Å². The van der Waals surface area contributed by atoms with Crippen molar-refractivity contribution in [3.8, 4) is 0 Å². The molecule has 0 atom stereocenters. The van der Waals surface area contributed by atoms with Crippen molar-refractivity contribution in [1.29, 1.82) is 0 Å². The average Bonchev–Trinajstić information content (AvgIpc) is 2.81. The second kappa shape index (κ2) is 5.34. The molecule has 86 valence electrons. The van der Waals surface area contributed by atoms with Gasteiger partial charge < -0.3 is 9.64 Å². The lowest BCUT2D eigenvalue weighted by molar-refractivity contribution is 0.104. The minimum atomic E-state index is -0.194. The van der Waals surface area contributed by atoms with Gasteiger partial charge in [0.05, 0.1) is 0 Å². The molecule has 0 aromatic heterocycles. The van der Waals surface area contributed by atoms with Gasteiger partial charge in [-0.05, 0) is 30.5 Å². The molecular formula is C12H14BrNO2. The molecule has 1 heterocycles. The van der Waals surface area contributed by atoms with Crippen LogP contribution in [0.25, 0.3) is 0 Å². The molecule has 1 aliphatic rings. The number of rotatable bonds is 2. The lowest BCUT2D eigenvalue weighted by Gasteiger charge is -2.14. The van der Waals surface area contributed by atoms with Crippen molar-refractivity contribution in [1.82, 2.24) is 4.90 Å². The third-order valence-electron chi connectivity index (χ3n) is 2.64. The molecule has 4 heteroatoms. The molecule has 0 saturated carbocycles. The Bertz CT molecular complexity index is 358. The highest BCUT2D eigenvalue weighted by Gasteiger charge is 2.18. The van der Waals surface area contributed by atoms with E-state index in [9.17, 15) is 4.79 Å². The van der Waals surface area contributed by atoms with Gasteiger partial charge in [-0.15, -0.1) is 0 Å². The summed E-state index contributed by atoms with van der Waals surface area (Å²) in [5.41, 5.74) is 1.01. The van der Waals surface area contributed by atoms with Crippen LogP contribution in [-0.4, -0.2) is 24.1 Å². The van der Waals surface area contributed by atoms with Crippen LogP contribution in [0.1, 0.15) is 18.4 Å². The Morgan fingerprint density at radius 1 is 1.25 bits per heavy atom. The largest absolute Gasteiger partial charge is 0.445 e. The normalized spacial score (nSPS) is 15.2. The number of nitrogens with zero attached hydrogens (tertiary/aromatic N) is 1. The number of amides is 1. The molecular weight excluding hydrogens is 270 g/mol. The van der Waals surface area contributed by atoms with Crippen LogP contribution >= 0.6 is 15.9 Å². The van der Waals surface area contributed by atoms with Gasteiger partial charge in [0.1, 0.15) is 6.61 Å². The molecule has 0 unspecified atom stereocenters. The van der Waals surface area contributed by atoms with Crippen LogP contribution < -0.4 is 0 Å². The van der Waals surface area contributed by atoms with Crippen LogP contribution in [0, 0.1) is 0 Å². The minimum absolute atomic E-state index is 0.194. The van der Waals surface area contributed by atoms with Crippen LogP contribution in [0.3, 0.4) is 0 Å². The fraction of sp³-hybridized carbons (Fsp3) is 0.417. The summed E-state index contributed by atoms with van der Waals surface area (Å²) in [6.45, 7) is 2.01. The predicted molar refractivity (Wildman–Crippen MR) is 65.1 cm³/mol. The first-order chi connectivity index (χ1) is 7.75. The molecule has 3 nitrogen and oxygen atoms in total. The molecule has 1 aliphatic heterocycles. The quantitative estimate of drug-likeness (QED) is 0.834. The maximum atomic E-state index is 11.6. The molecule has 0 aliphatic carbocycles. The molecule has 1 saturated heterocycles. The summed E-state index contributed by atoms with van der Waals surface area (Å²) >= 11 is 3.36. The summed E-state index contributed by atoms with van der Waals surface area (Å²) in [5.74, 6) is 0. The van der Waals surface area contributed by atoms with Gasteiger partial charge in [0, 0.05) is 17.6 Å². The van der Waals surface area contributed by atoms with Gasteiger partial charge in [0.25, 0.3) is 0 Å². The maximum absolute atomic E-state index is 11.6. The monoisotopic (exact) mass is 283 g/mol. The summed E-state index contributed by atoms with van der Waals surface area (Å²) in [5, 5.41) is 0. The van der Waals surface area contributed by atoms with E-state index in [1.54, 1.807) is 4.90 Å². The van der Waals surface area contributed by atoms with Crippen molar-refractivity contribution in [3.05, 3.63) is 34.3 Å². The first kappa shape index (κ1) is 11.5. The molecule has 1 fully saturated rings. The van der Waals surface area contributed by atoms with E-state index in [4.69, 9.17) is 4.74 Å². The standard InChI is InChI=1S/C12H14BrNO2/c13-11-5-3-10(4-6-11)9-16-12(15)14-7-1-2-8-14/h3-6H,1-2,7-9H2. The Morgan fingerprint density at radius 2 is 1.88 bits per heavy atom. The number of halogens is 1. The fourth-order valence-corrected chi connectivity index (χ4v) is 1.98. The number of benzene rings is 1. The van der Waals surface area contributed by atoms with E-state index in [0.29, 0.717) is 6.61 Å². The molecule has 0 bridgehead atoms. The molecule has 0 spiro atoms. The highest BCUT2D eigenvalue weighted by Crippen LogP contribution is 2.13. The molecule has 1 aromatic rings. The van der Waals surface area contributed by atoms with E-state index in [-0.39, 0.29) is 6.09 Å². The molecule has 1 amide bonds.